The number of amides is 1. The summed E-state index contributed by atoms with van der Waals surface area (Å²) in [6.45, 7) is 1.88. The third kappa shape index (κ3) is 8.38. The molecule has 0 aliphatic carbocycles. The summed E-state index contributed by atoms with van der Waals surface area (Å²) >= 11 is 0. The van der Waals surface area contributed by atoms with Gasteiger partial charge in [-0.2, -0.15) is 13.2 Å². The van der Waals surface area contributed by atoms with Gasteiger partial charge in [-0.05, 0) is 94.2 Å². The van der Waals surface area contributed by atoms with Gasteiger partial charge in [-0.15, -0.1) is 0 Å². The lowest BCUT2D eigenvalue weighted by molar-refractivity contribution is -0.137. The van der Waals surface area contributed by atoms with Crippen LogP contribution in [0.25, 0.3) is 21.8 Å². The van der Waals surface area contributed by atoms with Gasteiger partial charge in [-0.1, -0.05) is 6.42 Å². The van der Waals surface area contributed by atoms with Crippen LogP contribution in [0.15, 0.2) is 67.0 Å². The van der Waals surface area contributed by atoms with E-state index >= 15 is 0 Å². The summed E-state index contributed by atoms with van der Waals surface area (Å²) in [5.41, 5.74) is 0.839. The average molecular weight is 744 g/mol. The zero-order chi connectivity index (χ0) is 37.8. The van der Waals surface area contributed by atoms with Gasteiger partial charge in [0.05, 0.1) is 30.8 Å². The number of hydrogen-bond donors (Lipinski definition) is 2. The normalized spacial score (nSPS) is 17.1. The number of alkyl halides is 3. The summed E-state index contributed by atoms with van der Waals surface area (Å²) in [5.74, 6) is 2.37. The van der Waals surface area contributed by atoms with Crippen molar-refractivity contribution >= 4 is 45.0 Å². The van der Waals surface area contributed by atoms with Crippen LogP contribution in [0, 0.1) is 0 Å². The number of aromatic nitrogens is 3. The van der Waals surface area contributed by atoms with Crippen LogP contribution in [0.4, 0.5) is 30.5 Å². The third-order valence-corrected chi connectivity index (χ3v) is 10.4. The Labute approximate surface area is 311 Å². The molecule has 1 atom stereocenters. The molecule has 2 aromatic heterocycles. The van der Waals surface area contributed by atoms with Crippen molar-refractivity contribution in [2.45, 2.75) is 63.2 Å². The fourth-order valence-corrected chi connectivity index (χ4v) is 7.42. The Kier molecular flexibility index (Phi) is 10.9. The van der Waals surface area contributed by atoms with Gasteiger partial charge in [-0.25, -0.2) is 9.97 Å². The predicted octanol–water partition coefficient (Wildman–Crippen LogP) is 8.10. The number of pyridine rings is 1. The lowest BCUT2D eigenvalue weighted by Crippen LogP contribution is -2.45. The van der Waals surface area contributed by atoms with E-state index in [4.69, 9.17) is 14.2 Å². The number of benzene rings is 3. The molecular weight excluding hydrogens is 699 g/mol. The smallest absolute Gasteiger partial charge is 0.418 e. The maximum absolute atomic E-state index is 14.4. The molecule has 2 N–H and O–H groups in total. The molecule has 2 saturated heterocycles. The van der Waals surface area contributed by atoms with Crippen LogP contribution in [-0.4, -0.2) is 78.7 Å². The highest BCUT2D eigenvalue weighted by Crippen LogP contribution is 2.40. The lowest BCUT2D eigenvalue weighted by Gasteiger charge is -2.36. The predicted molar refractivity (Wildman–Crippen MR) is 202 cm³/mol. The van der Waals surface area contributed by atoms with Crippen molar-refractivity contribution < 1.29 is 32.2 Å². The van der Waals surface area contributed by atoms with Crippen molar-refractivity contribution in [1.29, 1.82) is 0 Å². The summed E-state index contributed by atoms with van der Waals surface area (Å²) in [6, 6.07) is 15.2. The molecule has 0 saturated carbocycles. The van der Waals surface area contributed by atoms with Gasteiger partial charge in [0.15, 0.2) is 11.5 Å². The number of hydrogen-bond acceptors (Lipinski definition) is 10. The minimum atomic E-state index is -4.58. The van der Waals surface area contributed by atoms with Crippen LogP contribution >= 0.6 is 0 Å². The summed E-state index contributed by atoms with van der Waals surface area (Å²) in [7, 11) is 5.23. The van der Waals surface area contributed by atoms with Crippen LogP contribution in [0.2, 0.25) is 0 Å². The van der Waals surface area contributed by atoms with Crippen molar-refractivity contribution in [3.63, 3.8) is 0 Å². The molecule has 0 radical (unpaired) electrons. The number of methoxy groups -OCH3 is 2. The second kappa shape index (κ2) is 15.9. The number of nitrogens with zero attached hydrogens (tertiary/aromatic N) is 5. The zero-order valence-electron chi connectivity index (χ0n) is 30.6. The highest BCUT2D eigenvalue weighted by molar-refractivity contribution is 5.89. The van der Waals surface area contributed by atoms with Crippen LogP contribution in [-0.2, 0) is 11.0 Å². The molecule has 54 heavy (non-hydrogen) atoms. The summed E-state index contributed by atoms with van der Waals surface area (Å²) in [6.07, 6.45) is 4.61. The molecule has 2 fully saturated rings. The van der Waals surface area contributed by atoms with E-state index in [0.29, 0.717) is 77.8 Å². The molecule has 5 aromatic rings. The van der Waals surface area contributed by atoms with Crippen LogP contribution in [0.5, 0.6) is 23.0 Å². The maximum atomic E-state index is 14.4. The molecule has 284 valence electrons. The number of halogens is 3. The molecule has 1 unspecified atom stereocenters. The molecule has 0 spiro atoms. The summed E-state index contributed by atoms with van der Waals surface area (Å²) in [4.78, 5) is 30.1. The van der Waals surface area contributed by atoms with Gasteiger partial charge in [-0.3, -0.25) is 9.78 Å². The van der Waals surface area contributed by atoms with E-state index < -0.39 is 11.7 Å². The van der Waals surface area contributed by atoms with Gasteiger partial charge in [0.2, 0.25) is 11.9 Å². The van der Waals surface area contributed by atoms with Gasteiger partial charge >= 0.3 is 6.18 Å². The summed E-state index contributed by atoms with van der Waals surface area (Å²) in [5, 5.41) is 7.48. The average Bonchev–Trinajstić information content (AvgIpc) is 3.17. The molecule has 3 aromatic carbocycles. The first-order chi connectivity index (χ1) is 26.1. The Hall–Kier alpha value is -5.37. The molecule has 1 amide bonds. The first-order valence-electron chi connectivity index (χ1n) is 18.3. The minimum Gasteiger partial charge on any atom is -0.493 e. The Morgan fingerprint density at radius 2 is 1.69 bits per heavy atom. The molecule has 14 heteroatoms. The molecule has 0 bridgehead atoms. The molecule has 2 aliphatic rings. The Balaban J connectivity index is 0.994. The molecule has 11 nitrogen and oxygen atoms in total. The third-order valence-electron chi connectivity index (χ3n) is 10.4. The van der Waals surface area contributed by atoms with E-state index in [-0.39, 0.29) is 29.3 Å². The van der Waals surface area contributed by atoms with E-state index in [2.05, 4.69) is 37.5 Å². The van der Waals surface area contributed by atoms with Crippen molar-refractivity contribution in [3.05, 3.63) is 72.6 Å². The van der Waals surface area contributed by atoms with Crippen molar-refractivity contribution in [1.82, 2.24) is 25.2 Å². The van der Waals surface area contributed by atoms with Gasteiger partial charge in [0.25, 0.3) is 0 Å². The molecule has 2 aliphatic heterocycles. The van der Waals surface area contributed by atoms with Crippen LogP contribution in [0.1, 0.15) is 50.5 Å². The maximum Gasteiger partial charge on any atom is 0.418 e. The van der Waals surface area contributed by atoms with Crippen molar-refractivity contribution in [3.8, 4) is 23.0 Å². The lowest BCUT2D eigenvalue weighted by atomic mass is 9.98. The highest BCUT2D eigenvalue weighted by Gasteiger charge is 2.36. The number of rotatable bonds is 11. The van der Waals surface area contributed by atoms with Gasteiger partial charge in [0, 0.05) is 72.2 Å². The highest BCUT2D eigenvalue weighted by atomic mass is 19.4. The van der Waals surface area contributed by atoms with Crippen molar-refractivity contribution in [2.75, 3.05) is 51.1 Å². The summed E-state index contributed by atoms with van der Waals surface area (Å²) < 4.78 is 60.3. The topological polar surface area (TPSA) is 114 Å². The van der Waals surface area contributed by atoms with E-state index in [9.17, 15) is 18.0 Å². The zero-order valence-corrected chi connectivity index (χ0v) is 30.6. The van der Waals surface area contributed by atoms with E-state index in [0.717, 1.165) is 30.8 Å². The second-order valence-corrected chi connectivity index (χ2v) is 13.9. The number of nitrogens with one attached hydrogen (secondary N) is 2. The molecular formula is C40H44F3N7O4. The largest absolute Gasteiger partial charge is 0.493 e. The van der Waals surface area contributed by atoms with E-state index in [1.165, 1.54) is 18.9 Å². The Bertz CT molecular complexity index is 2120. The number of carbonyl (C=O) groups excluding carboxylic acids is 1. The minimum absolute atomic E-state index is 0.0187. The number of carbonyl (C=O) groups is 1. The number of ether oxygens (including phenoxy) is 3. The van der Waals surface area contributed by atoms with E-state index in [1.807, 2.05) is 0 Å². The van der Waals surface area contributed by atoms with Crippen LogP contribution in [0.3, 0.4) is 0 Å². The Morgan fingerprint density at radius 3 is 2.44 bits per heavy atom. The first kappa shape index (κ1) is 37.0. The monoisotopic (exact) mass is 743 g/mol. The van der Waals surface area contributed by atoms with E-state index in [1.54, 1.807) is 74.0 Å². The fourth-order valence-electron chi connectivity index (χ4n) is 7.42. The fraction of sp³-hybridized carbons (Fsp3) is 0.400. The van der Waals surface area contributed by atoms with Crippen LogP contribution < -0.4 is 29.7 Å². The number of piperidine rings is 2. The standard InChI is InChI=1S/C40H44F3N7O4/c1-49-17-5-4-6-28(49)8-12-38(51)46-26-14-18-50(19-15-26)34-11-7-27(21-31(34)40(41,42)43)47-39-45-24-25-20-29(9-10-32(25)48-39)54-35-13-16-44-33-23-37(53-3)36(52-2)22-30(33)35/h7,9-11,13,16,20-24,26,28H,4-6,8,12,14-15,17-19H2,1-3H3,(H,46,51)(H,45,47,48). The Morgan fingerprint density at radius 1 is 0.889 bits per heavy atom. The number of fused-ring (bicyclic) bond motifs is 2. The number of likely N-dealkylation sites (tertiary alicyclic amines) is 1. The SMILES string of the molecule is COc1cc2nccc(Oc3ccc4nc(Nc5ccc(N6CCC(NC(=O)CCC7CCCCN7C)CC6)c(C(F)(F)F)c5)ncc4c3)c2cc1OC. The molecule has 7 rings (SSSR count). The molecule has 4 heterocycles. The van der Waals surface area contributed by atoms with Gasteiger partial charge in [0.1, 0.15) is 11.5 Å². The van der Waals surface area contributed by atoms with Crippen molar-refractivity contribution in [2.24, 2.45) is 0 Å². The second-order valence-electron chi connectivity index (χ2n) is 13.9. The van der Waals surface area contributed by atoms with Gasteiger partial charge < -0.3 is 34.6 Å². The quantitative estimate of drug-likeness (QED) is 0.138. The number of anilines is 3. The first-order valence-corrected chi connectivity index (χ1v) is 18.3.